The van der Waals surface area contributed by atoms with E-state index >= 15 is 0 Å². The summed E-state index contributed by atoms with van der Waals surface area (Å²) in [5, 5.41) is 13.0. The molecule has 0 radical (unpaired) electrons. The van der Waals surface area contributed by atoms with E-state index in [0.29, 0.717) is 29.1 Å². The molecule has 2 aliphatic heterocycles. The Balaban J connectivity index is 1.00. The van der Waals surface area contributed by atoms with Crippen LogP contribution in [0.4, 0.5) is 0 Å². The number of aromatic nitrogens is 2. The number of ether oxygens (including phenoxy) is 3. The second kappa shape index (κ2) is 16.4. The van der Waals surface area contributed by atoms with Gasteiger partial charge in [-0.2, -0.15) is 0 Å². The first-order chi connectivity index (χ1) is 28.0. The maximum absolute atomic E-state index is 14.2. The summed E-state index contributed by atoms with van der Waals surface area (Å²) in [4.78, 5) is 51.1. The second-order valence-electron chi connectivity index (χ2n) is 15.7. The maximum Gasteiger partial charge on any atom is 0.326 e. The fourth-order valence-electron chi connectivity index (χ4n) is 8.27. The number of hydrogen-bond acceptors (Lipinski definition) is 9. The fraction of sp³-hybridized carbons (Fsp3) is 0.370. The Morgan fingerprint density at radius 3 is 2.40 bits per heavy atom. The molecule has 0 bridgehead atoms. The molecule has 5 aromatic rings. The van der Waals surface area contributed by atoms with Crippen molar-refractivity contribution in [2.75, 3.05) is 13.2 Å². The average molecular weight is 785 g/mol. The number of carbonyl (C=O) groups excluding carboxylic acids is 2. The lowest BCUT2D eigenvalue weighted by Gasteiger charge is -2.37. The van der Waals surface area contributed by atoms with Crippen molar-refractivity contribution < 1.29 is 38.1 Å². The van der Waals surface area contributed by atoms with E-state index in [1.165, 1.54) is 30.6 Å². The highest BCUT2D eigenvalue weighted by Crippen LogP contribution is 2.41. The van der Waals surface area contributed by atoms with E-state index < -0.39 is 29.9 Å². The first-order valence-corrected chi connectivity index (χ1v) is 20.0. The Bertz CT molecular complexity index is 2330. The van der Waals surface area contributed by atoms with Crippen LogP contribution in [-0.2, 0) is 29.0 Å². The molecule has 0 spiro atoms. The Morgan fingerprint density at radius 1 is 0.948 bits per heavy atom. The number of aliphatic carboxylic acids is 1. The minimum atomic E-state index is -1.25. The molecule has 4 heterocycles. The van der Waals surface area contributed by atoms with Crippen LogP contribution in [0.25, 0.3) is 11.1 Å². The summed E-state index contributed by atoms with van der Waals surface area (Å²) in [5.41, 5.74) is 7.40. The Morgan fingerprint density at radius 2 is 1.69 bits per heavy atom. The fourth-order valence-corrected chi connectivity index (χ4v) is 8.27. The van der Waals surface area contributed by atoms with E-state index in [2.05, 4.69) is 15.3 Å². The van der Waals surface area contributed by atoms with Crippen molar-refractivity contribution in [3.63, 3.8) is 0 Å². The van der Waals surface area contributed by atoms with Crippen molar-refractivity contribution in [1.82, 2.24) is 20.2 Å². The second-order valence-corrected chi connectivity index (χ2v) is 15.7. The number of benzene rings is 3. The largest absolute Gasteiger partial charge is 0.493 e. The molecule has 3 aliphatic rings. The number of carbonyl (C=O) groups is 3. The molecule has 2 N–H and O–H groups in total. The lowest BCUT2D eigenvalue weighted by molar-refractivity contribution is -0.142. The number of hydrogen-bond donors (Lipinski definition) is 2. The van der Waals surface area contributed by atoms with Gasteiger partial charge in [-0.1, -0.05) is 49.2 Å². The van der Waals surface area contributed by atoms with E-state index in [4.69, 9.17) is 18.6 Å². The zero-order valence-corrected chi connectivity index (χ0v) is 33.2. The number of rotatable bonds is 11. The van der Waals surface area contributed by atoms with Crippen molar-refractivity contribution in [2.24, 2.45) is 5.92 Å². The third kappa shape index (κ3) is 8.14. The van der Waals surface area contributed by atoms with Crippen LogP contribution in [0.15, 0.2) is 77.3 Å². The summed E-state index contributed by atoms with van der Waals surface area (Å²) in [6, 6.07) is 18.9. The van der Waals surface area contributed by atoms with Crippen LogP contribution in [0.1, 0.15) is 87.4 Å². The highest BCUT2D eigenvalue weighted by molar-refractivity contribution is 5.98. The molecule has 3 atom stereocenters. The van der Waals surface area contributed by atoms with E-state index in [1.54, 1.807) is 20.0 Å². The van der Waals surface area contributed by atoms with Gasteiger partial charge in [-0.3, -0.25) is 14.6 Å². The van der Waals surface area contributed by atoms with Crippen LogP contribution >= 0.6 is 0 Å². The molecule has 300 valence electrons. The number of carboxylic acid groups (broad SMARTS) is 1. The van der Waals surface area contributed by atoms with Gasteiger partial charge in [0.25, 0.3) is 5.91 Å². The monoisotopic (exact) mass is 784 g/mol. The summed E-state index contributed by atoms with van der Waals surface area (Å²) in [6.07, 6.45) is 6.58. The first kappa shape index (κ1) is 38.7. The standard InChI is InChI=1S/C46H48N4O8/c1-26-27(2)47-18-17-37(26)32-11-9-30(10-12-32)19-38(46(53)54)49-44(51)39-20-34-21-40-41(22-35(34)23-50(39)45(52)43-28(3)57-29(4)48-43)58-42(25-56-40)33-13-15-36(16-14-33)55-24-31-7-5-6-8-31/h9-18,21-22,31,38-39,42H,5-8,19-20,23-25H2,1-4H3,(H,49,51)(H,53,54)/t38?,39-,42+/m0/s1. The van der Waals surface area contributed by atoms with Gasteiger partial charge in [-0.25, -0.2) is 9.78 Å². The predicted molar refractivity (Wildman–Crippen MR) is 215 cm³/mol. The maximum atomic E-state index is 14.2. The zero-order valence-electron chi connectivity index (χ0n) is 33.2. The molecule has 12 nitrogen and oxygen atoms in total. The van der Waals surface area contributed by atoms with E-state index in [1.807, 2.05) is 80.6 Å². The van der Waals surface area contributed by atoms with Gasteiger partial charge in [0.05, 0.1) is 6.61 Å². The number of carboxylic acids is 1. The summed E-state index contributed by atoms with van der Waals surface area (Å²) in [5.74, 6) is 0.917. The lowest BCUT2D eigenvalue weighted by Crippen LogP contribution is -2.56. The average Bonchev–Trinajstić information content (AvgIpc) is 3.88. The Kier molecular flexibility index (Phi) is 10.9. The number of pyridine rings is 1. The Hall–Kier alpha value is -6.17. The van der Waals surface area contributed by atoms with Gasteiger partial charge in [0, 0.05) is 38.2 Å². The molecule has 3 aromatic carbocycles. The minimum absolute atomic E-state index is 0.0463. The van der Waals surface area contributed by atoms with E-state index in [0.717, 1.165) is 57.0 Å². The van der Waals surface area contributed by atoms with Gasteiger partial charge < -0.3 is 34.0 Å². The number of oxazole rings is 1. The van der Waals surface area contributed by atoms with Crippen LogP contribution in [0, 0.1) is 33.6 Å². The Labute approximate surface area is 337 Å². The quantitative estimate of drug-likeness (QED) is 0.138. The van der Waals surface area contributed by atoms with Gasteiger partial charge in [-0.05, 0) is 109 Å². The van der Waals surface area contributed by atoms with Crippen molar-refractivity contribution in [3.8, 4) is 28.4 Å². The van der Waals surface area contributed by atoms with Crippen molar-refractivity contribution in [3.05, 3.63) is 124 Å². The van der Waals surface area contributed by atoms with Gasteiger partial charge in [0.1, 0.15) is 30.2 Å². The molecular formula is C46H48N4O8. The number of fused-ring (bicyclic) bond motifs is 2. The smallest absolute Gasteiger partial charge is 0.326 e. The predicted octanol–water partition coefficient (Wildman–Crippen LogP) is 7.43. The van der Waals surface area contributed by atoms with Crippen LogP contribution in [0.3, 0.4) is 0 Å². The molecule has 1 fully saturated rings. The highest BCUT2D eigenvalue weighted by Gasteiger charge is 2.39. The molecule has 8 rings (SSSR count). The van der Waals surface area contributed by atoms with Crippen molar-refractivity contribution in [2.45, 2.75) is 91.0 Å². The first-order valence-electron chi connectivity index (χ1n) is 20.0. The number of nitrogens with one attached hydrogen (secondary N) is 1. The third-order valence-electron chi connectivity index (χ3n) is 11.7. The van der Waals surface area contributed by atoms with E-state index in [-0.39, 0.29) is 37.8 Å². The molecule has 2 aromatic heterocycles. The van der Waals surface area contributed by atoms with Crippen LogP contribution in [0.5, 0.6) is 17.2 Å². The normalized spacial score (nSPS) is 18.0. The zero-order chi connectivity index (χ0) is 40.5. The van der Waals surface area contributed by atoms with Crippen molar-refractivity contribution >= 4 is 17.8 Å². The van der Waals surface area contributed by atoms with E-state index in [9.17, 15) is 19.5 Å². The number of nitrogens with zero attached hydrogens (tertiary/aromatic N) is 3. The van der Waals surface area contributed by atoms with Gasteiger partial charge in [0.15, 0.2) is 29.2 Å². The SMILES string of the molecule is Cc1nc(C(=O)N2Cc3cc4c(cc3C[C@H]2C(=O)NC(Cc2ccc(-c3ccnc(C)c3C)cc2)C(=O)O)OC[C@H](c2ccc(OCC3CCCC3)cc2)O4)c(C)o1. The summed E-state index contributed by atoms with van der Waals surface area (Å²) >= 11 is 0. The van der Waals surface area contributed by atoms with Crippen LogP contribution in [-0.4, -0.2) is 63.1 Å². The molecule has 2 amide bonds. The third-order valence-corrected chi connectivity index (χ3v) is 11.7. The number of amides is 2. The summed E-state index contributed by atoms with van der Waals surface area (Å²) < 4.78 is 24.4. The van der Waals surface area contributed by atoms with Crippen LogP contribution < -0.4 is 19.5 Å². The molecule has 1 unspecified atom stereocenters. The minimum Gasteiger partial charge on any atom is -0.493 e. The topological polar surface area (TPSA) is 153 Å². The van der Waals surface area contributed by atoms with Gasteiger partial charge in [0.2, 0.25) is 5.91 Å². The number of aryl methyl sites for hydroxylation is 3. The summed E-state index contributed by atoms with van der Waals surface area (Å²) in [7, 11) is 0. The van der Waals surface area contributed by atoms with Gasteiger partial charge >= 0.3 is 5.97 Å². The highest BCUT2D eigenvalue weighted by atomic mass is 16.6. The molecule has 0 saturated heterocycles. The molecular weight excluding hydrogens is 737 g/mol. The van der Waals surface area contributed by atoms with Crippen molar-refractivity contribution in [1.29, 1.82) is 0 Å². The van der Waals surface area contributed by atoms with Crippen LogP contribution in [0.2, 0.25) is 0 Å². The summed E-state index contributed by atoms with van der Waals surface area (Å²) in [6.45, 7) is 8.36. The lowest BCUT2D eigenvalue weighted by atomic mass is 9.91. The molecule has 58 heavy (non-hydrogen) atoms. The molecule has 1 saturated carbocycles. The van der Waals surface area contributed by atoms with Gasteiger partial charge in [-0.15, -0.1) is 0 Å². The molecule has 12 heteroatoms. The molecule has 1 aliphatic carbocycles.